The molecule has 6 atom stereocenters. The smallest absolute Gasteiger partial charge is 0.319 e. The SMILES string of the molecule is Oc1cc(-c2ncc3c(N4CC5CCC(C4)N5)nc(OC[C@]45C[C@@H](F)CN4[C@H]4CCCC[C@H]4C5)nc3c2F)c2c(I)cccc2c1. The molecule has 0 amide bonds. The number of piperazine rings is 1. The zero-order chi connectivity index (χ0) is 31.2. The molecule has 2 bridgehead atoms. The summed E-state index contributed by atoms with van der Waals surface area (Å²) in [6, 6.07) is 10.2. The quantitative estimate of drug-likeness (QED) is 0.229. The van der Waals surface area contributed by atoms with Crippen LogP contribution >= 0.6 is 22.6 Å². The molecule has 9 rings (SSSR count). The number of phenolic OH excluding ortho intramolecular Hbond substituents is 1. The fourth-order valence-corrected chi connectivity index (χ4v) is 10.3. The number of pyridine rings is 1. The molecular formula is C35H37F2IN6O2. The van der Waals surface area contributed by atoms with Crippen molar-refractivity contribution >= 4 is 50.1 Å². The standard InChI is InChI=1S/C35H37F2IN6O2/c36-21-13-35(12-20-4-1-2-7-28(20)44(35)15-21)18-46-34-41-32-26(33(42-34)43-16-22-8-9-23(17-43)40-22)14-39-31(30(32)37)25-11-24(45)10-19-5-3-6-27(38)29(19)25/h3,5-6,10-11,14,20-23,28,40,45H,1-2,4,7-9,12-13,15-18H2/t20-,21+,22?,23?,28-,35-/m0/s1. The molecule has 4 saturated heterocycles. The number of aromatic hydroxyl groups is 1. The maximum atomic E-state index is 16.9. The molecule has 4 aromatic rings. The van der Waals surface area contributed by atoms with E-state index in [1.54, 1.807) is 18.3 Å². The summed E-state index contributed by atoms with van der Waals surface area (Å²) in [6.07, 6.45) is 9.08. The Morgan fingerprint density at radius 1 is 1.04 bits per heavy atom. The normalized spacial score (nSPS) is 30.7. The van der Waals surface area contributed by atoms with E-state index in [4.69, 9.17) is 14.7 Å². The third kappa shape index (κ3) is 4.74. The van der Waals surface area contributed by atoms with Crippen molar-refractivity contribution in [1.82, 2.24) is 25.2 Å². The summed E-state index contributed by atoms with van der Waals surface area (Å²) >= 11 is 2.24. The van der Waals surface area contributed by atoms with Gasteiger partial charge in [-0.05, 0) is 84.2 Å². The lowest BCUT2D eigenvalue weighted by Gasteiger charge is -2.36. The number of nitrogens with one attached hydrogen (secondary N) is 1. The predicted molar refractivity (Wildman–Crippen MR) is 182 cm³/mol. The van der Waals surface area contributed by atoms with Crippen LogP contribution in [0.1, 0.15) is 51.4 Å². The fraction of sp³-hybridized carbons (Fsp3) is 0.514. The van der Waals surface area contributed by atoms with E-state index in [0.29, 0.717) is 53.8 Å². The number of phenols is 1. The van der Waals surface area contributed by atoms with Crippen LogP contribution in [0.5, 0.6) is 11.8 Å². The Labute approximate surface area is 280 Å². The van der Waals surface area contributed by atoms with E-state index in [2.05, 4.69) is 42.7 Å². The highest BCUT2D eigenvalue weighted by atomic mass is 127. The van der Waals surface area contributed by atoms with Crippen LogP contribution in [0.4, 0.5) is 14.6 Å². The van der Waals surface area contributed by atoms with Crippen LogP contribution in [-0.2, 0) is 0 Å². The molecule has 1 aliphatic carbocycles. The highest BCUT2D eigenvalue weighted by Gasteiger charge is 2.57. The topological polar surface area (TPSA) is 86.6 Å². The fourth-order valence-electron chi connectivity index (χ4n) is 9.45. The van der Waals surface area contributed by atoms with Gasteiger partial charge in [0, 0.05) is 64.9 Å². The van der Waals surface area contributed by atoms with Gasteiger partial charge < -0.3 is 20.1 Å². The van der Waals surface area contributed by atoms with Crippen molar-refractivity contribution in [3.05, 3.63) is 45.9 Å². The molecule has 5 fully saturated rings. The molecule has 0 radical (unpaired) electrons. The first-order chi connectivity index (χ1) is 22.3. The van der Waals surface area contributed by atoms with Gasteiger partial charge in [-0.25, -0.2) is 8.78 Å². The van der Waals surface area contributed by atoms with Crippen molar-refractivity contribution < 1.29 is 18.6 Å². The van der Waals surface area contributed by atoms with Crippen LogP contribution in [0.3, 0.4) is 0 Å². The molecule has 2 N–H and O–H groups in total. The Kier molecular flexibility index (Phi) is 7.05. The number of anilines is 1. The maximum absolute atomic E-state index is 16.9. The summed E-state index contributed by atoms with van der Waals surface area (Å²) in [7, 11) is 0. The number of aromatic nitrogens is 3. The van der Waals surface area contributed by atoms with E-state index >= 15 is 4.39 Å². The highest BCUT2D eigenvalue weighted by molar-refractivity contribution is 14.1. The number of benzene rings is 2. The van der Waals surface area contributed by atoms with E-state index in [-0.39, 0.29) is 35.1 Å². The number of rotatable bonds is 5. The number of ether oxygens (including phenoxy) is 1. The van der Waals surface area contributed by atoms with Gasteiger partial charge >= 0.3 is 6.01 Å². The van der Waals surface area contributed by atoms with E-state index in [9.17, 15) is 9.50 Å². The summed E-state index contributed by atoms with van der Waals surface area (Å²) in [6.45, 7) is 2.25. The van der Waals surface area contributed by atoms with Gasteiger partial charge in [0.05, 0.1) is 10.9 Å². The number of hydrogen-bond donors (Lipinski definition) is 2. The first-order valence-electron chi connectivity index (χ1n) is 16.7. The van der Waals surface area contributed by atoms with Crippen LogP contribution in [0.2, 0.25) is 0 Å². The van der Waals surface area contributed by atoms with Gasteiger partial charge in [0.2, 0.25) is 0 Å². The molecule has 4 aliphatic heterocycles. The number of halogens is 3. The second-order valence-corrected chi connectivity index (χ2v) is 15.3. The highest BCUT2D eigenvalue weighted by Crippen LogP contribution is 2.51. The molecular weight excluding hydrogens is 701 g/mol. The lowest BCUT2D eigenvalue weighted by atomic mass is 9.81. The van der Waals surface area contributed by atoms with Crippen LogP contribution in [-0.4, -0.2) is 81.0 Å². The number of hydrogen-bond acceptors (Lipinski definition) is 8. The summed E-state index contributed by atoms with van der Waals surface area (Å²) in [5.41, 5.74) is 0.382. The Balaban J connectivity index is 1.15. The molecule has 2 unspecified atom stereocenters. The van der Waals surface area contributed by atoms with Crippen LogP contribution in [0.15, 0.2) is 36.5 Å². The minimum atomic E-state index is -0.873. The number of alkyl halides is 1. The zero-order valence-electron chi connectivity index (χ0n) is 25.6. The molecule has 8 nitrogen and oxygen atoms in total. The second-order valence-electron chi connectivity index (χ2n) is 14.2. The van der Waals surface area contributed by atoms with Gasteiger partial charge in [-0.3, -0.25) is 9.88 Å². The van der Waals surface area contributed by atoms with E-state index < -0.39 is 12.0 Å². The van der Waals surface area contributed by atoms with Crippen molar-refractivity contribution in [3.8, 4) is 23.0 Å². The molecule has 240 valence electrons. The average Bonchev–Trinajstić information content (AvgIpc) is 3.66. The van der Waals surface area contributed by atoms with Crippen molar-refractivity contribution in [2.45, 2.75) is 81.2 Å². The molecule has 2 aromatic heterocycles. The third-order valence-electron chi connectivity index (χ3n) is 11.3. The van der Waals surface area contributed by atoms with Gasteiger partial charge in [0.1, 0.15) is 35.6 Å². The monoisotopic (exact) mass is 738 g/mol. The molecule has 46 heavy (non-hydrogen) atoms. The Bertz CT molecular complexity index is 1850. The van der Waals surface area contributed by atoms with Gasteiger partial charge in [0.25, 0.3) is 0 Å². The lowest BCUT2D eigenvalue weighted by molar-refractivity contribution is 0.0775. The van der Waals surface area contributed by atoms with Crippen molar-refractivity contribution in [3.63, 3.8) is 0 Å². The van der Waals surface area contributed by atoms with Gasteiger partial charge in [-0.15, -0.1) is 0 Å². The zero-order valence-corrected chi connectivity index (χ0v) is 27.7. The van der Waals surface area contributed by atoms with Gasteiger partial charge in [-0.2, -0.15) is 9.97 Å². The minimum Gasteiger partial charge on any atom is -0.508 e. The Morgan fingerprint density at radius 3 is 2.72 bits per heavy atom. The number of fused-ring (bicyclic) bond motifs is 7. The van der Waals surface area contributed by atoms with Crippen LogP contribution in [0.25, 0.3) is 32.9 Å². The molecule has 2 aromatic carbocycles. The molecule has 0 spiro atoms. The summed E-state index contributed by atoms with van der Waals surface area (Å²) in [4.78, 5) is 18.9. The van der Waals surface area contributed by atoms with E-state index in [0.717, 1.165) is 53.1 Å². The van der Waals surface area contributed by atoms with Gasteiger partial charge in [0.15, 0.2) is 5.82 Å². The molecule has 6 heterocycles. The van der Waals surface area contributed by atoms with E-state index in [1.165, 1.54) is 19.3 Å². The van der Waals surface area contributed by atoms with Crippen molar-refractivity contribution in [2.24, 2.45) is 5.92 Å². The Hall–Kier alpha value is -2.90. The minimum absolute atomic E-state index is 0.0400. The lowest BCUT2D eigenvalue weighted by Crippen LogP contribution is -2.51. The summed E-state index contributed by atoms with van der Waals surface area (Å²) in [5, 5.41) is 16.4. The van der Waals surface area contributed by atoms with Crippen molar-refractivity contribution in [1.29, 1.82) is 0 Å². The van der Waals surface area contributed by atoms with Gasteiger partial charge in [-0.1, -0.05) is 25.0 Å². The molecule has 11 heteroatoms. The summed E-state index contributed by atoms with van der Waals surface area (Å²) in [5.74, 6) is 0.654. The van der Waals surface area contributed by atoms with Crippen molar-refractivity contribution in [2.75, 3.05) is 31.1 Å². The number of nitrogens with zero attached hydrogens (tertiary/aromatic N) is 5. The predicted octanol–water partition coefficient (Wildman–Crippen LogP) is 6.36. The summed E-state index contributed by atoms with van der Waals surface area (Å²) < 4.78 is 39.2. The first kappa shape index (κ1) is 29.3. The first-order valence-corrected chi connectivity index (χ1v) is 17.8. The van der Waals surface area contributed by atoms with E-state index in [1.807, 2.05) is 18.2 Å². The maximum Gasteiger partial charge on any atom is 0.319 e. The average molecular weight is 739 g/mol. The molecule has 1 saturated carbocycles. The Morgan fingerprint density at radius 2 is 1.87 bits per heavy atom. The van der Waals surface area contributed by atoms with Crippen LogP contribution < -0.4 is 15.0 Å². The second kappa shape index (κ2) is 11.1. The largest absolute Gasteiger partial charge is 0.508 e. The third-order valence-corrected chi connectivity index (χ3v) is 12.2. The van der Waals surface area contributed by atoms with Crippen LogP contribution in [0, 0.1) is 15.3 Å². The molecule has 5 aliphatic rings.